The van der Waals surface area contributed by atoms with Gasteiger partial charge in [0.1, 0.15) is 6.04 Å². The fraction of sp³-hybridized carbons (Fsp3) is 0.615. The Bertz CT molecular complexity index is 540. The van der Waals surface area contributed by atoms with Crippen molar-refractivity contribution in [3.8, 4) is 0 Å². The maximum Gasteiger partial charge on any atom is 0.249 e. The van der Waals surface area contributed by atoms with Crippen LogP contribution in [0.5, 0.6) is 0 Å². The van der Waals surface area contributed by atoms with Crippen LogP contribution >= 0.6 is 11.8 Å². The van der Waals surface area contributed by atoms with Gasteiger partial charge in [-0.3, -0.25) is 14.3 Å². The lowest BCUT2D eigenvalue weighted by atomic mass is 10.2. The van der Waals surface area contributed by atoms with Crippen LogP contribution in [0, 0.1) is 0 Å². The van der Waals surface area contributed by atoms with Crippen molar-refractivity contribution in [2.75, 3.05) is 30.0 Å². The van der Waals surface area contributed by atoms with Gasteiger partial charge in [0.25, 0.3) is 0 Å². The molecule has 2 fully saturated rings. The van der Waals surface area contributed by atoms with Gasteiger partial charge in [-0.25, -0.2) is 0 Å². The van der Waals surface area contributed by atoms with Crippen LogP contribution in [0.15, 0.2) is 12.3 Å². The first kappa shape index (κ1) is 14.4. The van der Waals surface area contributed by atoms with Gasteiger partial charge in [-0.05, 0) is 13.0 Å². The van der Waals surface area contributed by atoms with Crippen molar-refractivity contribution < 1.29 is 9.59 Å². The molecule has 2 amide bonds. The van der Waals surface area contributed by atoms with E-state index in [4.69, 9.17) is 0 Å². The summed E-state index contributed by atoms with van der Waals surface area (Å²) in [5.41, 5.74) is 0. The second-order valence-corrected chi connectivity index (χ2v) is 6.32. The number of carbonyl (C=O) groups excluding carboxylic acids is 2. The molecule has 2 unspecified atom stereocenters. The van der Waals surface area contributed by atoms with Gasteiger partial charge in [0, 0.05) is 31.5 Å². The van der Waals surface area contributed by atoms with Crippen molar-refractivity contribution in [2.45, 2.75) is 25.4 Å². The standard InChI is InChI=1S/C13H19N5O2S/c1-9(19)17-8-21-7-11(17)13(20)15-12-3-5-18(16-12)10-2-4-14-6-10/h3,5,10-11,14H,2,4,6-8H2,1H3,(H,15,16,20). The predicted octanol–water partition coefficient (Wildman–Crippen LogP) is 0.277. The van der Waals surface area contributed by atoms with Crippen molar-refractivity contribution in [3.05, 3.63) is 12.3 Å². The minimum absolute atomic E-state index is 0.0669. The van der Waals surface area contributed by atoms with Gasteiger partial charge in [-0.1, -0.05) is 0 Å². The molecule has 2 atom stereocenters. The Morgan fingerprint density at radius 2 is 2.38 bits per heavy atom. The summed E-state index contributed by atoms with van der Waals surface area (Å²) in [5, 5.41) is 10.5. The van der Waals surface area contributed by atoms with Gasteiger partial charge in [0.15, 0.2) is 5.82 Å². The number of carbonyl (C=O) groups is 2. The number of thioether (sulfide) groups is 1. The van der Waals surface area contributed by atoms with Gasteiger partial charge in [0.2, 0.25) is 11.8 Å². The van der Waals surface area contributed by atoms with E-state index in [1.54, 1.807) is 22.7 Å². The lowest BCUT2D eigenvalue weighted by Crippen LogP contribution is -2.43. The van der Waals surface area contributed by atoms with E-state index in [0.29, 0.717) is 23.5 Å². The molecule has 2 aliphatic heterocycles. The minimum atomic E-state index is -0.397. The average molecular weight is 309 g/mol. The number of hydrogen-bond donors (Lipinski definition) is 2. The third-order valence-electron chi connectivity index (χ3n) is 3.86. The number of aromatic nitrogens is 2. The number of nitrogens with zero attached hydrogens (tertiary/aromatic N) is 3. The second kappa shape index (κ2) is 6.07. The number of nitrogens with one attached hydrogen (secondary N) is 2. The molecule has 2 aliphatic rings. The molecule has 0 bridgehead atoms. The second-order valence-electron chi connectivity index (χ2n) is 5.32. The normalized spacial score (nSPS) is 25.3. The number of amides is 2. The van der Waals surface area contributed by atoms with Crippen molar-refractivity contribution in [1.29, 1.82) is 0 Å². The van der Waals surface area contributed by atoms with Crippen LogP contribution in [0.25, 0.3) is 0 Å². The maximum atomic E-state index is 12.3. The molecule has 21 heavy (non-hydrogen) atoms. The Kier molecular flexibility index (Phi) is 4.16. The quantitative estimate of drug-likeness (QED) is 0.838. The van der Waals surface area contributed by atoms with E-state index in [0.717, 1.165) is 19.5 Å². The molecular formula is C13H19N5O2S. The highest BCUT2D eigenvalue weighted by Gasteiger charge is 2.33. The third kappa shape index (κ3) is 3.06. The summed E-state index contributed by atoms with van der Waals surface area (Å²) in [5.74, 6) is 1.54. The largest absolute Gasteiger partial charge is 0.321 e. The van der Waals surface area contributed by atoms with E-state index in [2.05, 4.69) is 15.7 Å². The van der Waals surface area contributed by atoms with Crippen LogP contribution in [0.3, 0.4) is 0 Å². The lowest BCUT2D eigenvalue weighted by Gasteiger charge is -2.20. The number of hydrogen-bond acceptors (Lipinski definition) is 5. The molecule has 8 heteroatoms. The fourth-order valence-electron chi connectivity index (χ4n) is 2.65. The molecule has 0 aromatic carbocycles. The molecule has 0 aliphatic carbocycles. The highest BCUT2D eigenvalue weighted by Crippen LogP contribution is 2.22. The molecule has 2 saturated heterocycles. The molecular weight excluding hydrogens is 290 g/mol. The average Bonchev–Trinajstić information content (AvgIpc) is 3.19. The number of anilines is 1. The van der Waals surface area contributed by atoms with Crippen LogP contribution in [0.1, 0.15) is 19.4 Å². The van der Waals surface area contributed by atoms with Crippen molar-refractivity contribution in [2.24, 2.45) is 0 Å². The molecule has 7 nitrogen and oxygen atoms in total. The van der Waals surface area contributed by atoms with Gasteiger partial charge < -0.3 is 15.5 Å². The topological polar surface area (TPSA) is 79.3 Å². The Hall–Kier alpha value is -1.54. The van der Waals surface area contributed by atoms with Crippen LogP contribution in [-0.4, -0.2) is 57.3 Å². The zero-order chi connectivity index (χ0) is 14.8. The zero-order valence-electron chi connectivity index (χ0n) is 11.9. The van der Waals surface area contributed by atoms with E-state index >= 15 is 0 Å². The lowest BCUT2D eigenvalue weighted by molar-refractivity contribution is -0.134. The van der Waals surface area contributed by atoms with Gasteiger partial charge in [-0.15, -0.1) is 11.8 Å². The van der Waals surface area contributed by atoms with Crippen molar-refractivity contribution in [3.63, 3.8) is 0 Å². The number of rotatable bonds is 3. The first-order valence-corrected chi connectivity index (χ1v) is 8.22. The van der Waals surface area contributed by atoms with Gasteiger partial charge >= 0.3 is 0 Å². The minimum Gasteiger partial charge on any atom is -0.321 e. The SMILES string of the molecule is CC(=O)N1CSCC1C(=O)Nc1ccn(C2CCNC2)n1. The van der Waals surface area contributed by atoms with Gasteiger partial charge in [-0.2, -0.15) is 5.10 Å². The molecule has 0 radical (unpaired) electrons. The third-order valence-corrected chi connectivity index (χ3v) is 4.87. The van der Waals surface area contributed by atoms with E-state index in [1.165, 1.54) is 6.92 Å². The monoisotopic (exact) mass is 309 g/mol. The highest BCUT2D eigenvalue weighted by molar-refractivity contribution is 7.99. The summed E-state index contributed by atoms with van der Waals surface area (Å²) in [6, 6.07) is 1.76. The summed E-state index contributed by atoms with van der Waals surface area (Å²) in [6.45, 7) is 3.40. The van der Waals surface area contributed by atoms with Crippen LogP contribution in [0.4, 0.5) is 5.82 Å². The molecule has 3 heterocycles. The summed E-state index contributed by atoms with van der Waals surface area (Å²) in [6.07, 6.45) is 2.94. The smallest absolute Gasteiger partial charge is 0.249 e. The van der Waals surface area contributed by atoms with E-state index in [9.17, 15) is 9.59 Å². The summed E-state index contributed by atoms with van der Waals surface area (Å²) in [4.78, 5) is 25.4. The molecule has 0 saturated carbocycles. The van der Waals surface area contributed by atoms with Gasteiger partial charge in [0.05, 0.1) is 11.9 Å². The van der Waals surface area contributed by atoms with Crippen LogP contribution in [0.2, 0.25) is 0 Å². The summed E-state index contributed by atoms with van der Waals surface area (Å²) >= 11 is 1.59. The molecule has 114 valence electrons. The molecule has 3 rings (SSSR count). The van der Waals surface area contributed by atoms with E-state index in [1.807, 2.05) is 10.9 Å². The van der Waals surface area contributed by atoms with Crippen LogP contribution in [-0.2, 0) is 9.59 Å². The summed E-state index contributed by atoms with van der Waals surface area (Å²) < 4.78 is 1.89. The highest BCUT2D eigenvalue weighted by atomic mass is 32.2. The van der Waals surface area contributed by atoms with Crippen molar-refractivity contribution >= 4 is 29.4 Å². The van der Waals surface area contributed by atoms with Crippen LogP contribution < -0.4 is 10.6 Å². The van der Waals surface area contributed by atoms with E-state index in [-0.39, 0.29) is 11.8 Å². The first-order valence-electron chi connectivity index (χ1n) is 7.07. The first-order chi connectivity index (χ1) is 10.1. The van der Waals surface area contributed by atoms with Crippen molar-refractivity contribution in [1.82, 2.24) is 20.0 Å². The predicted molar refractivity (Wildman–Crippen MR) is 81.0 cm³/mol. The zero-order valence-corrected chi connectivity index (χ0v) is 12.7. The Balaban J connectivity index is 1.63. The van der Waals surface area contributed by atoms with E-state index < -0.39 is 6.04 Å². The Morgan fingerprint density at radius 1 is 1.52 bits per heavy atom. The molecule has 1 aromatic rings. The summed E-state index contributed by atoms with van der Waals surface area (Å²) in [7, 11) is 0. The molecule has 0 spiro atoms. The fourth-order valence-corrected chi connectivity index (χ4v) is 3.87. The molecule has 2 N–H and O–H groups in total. The Morgan fingerprint density at radius 3 is 3.10 bits per heavy atom. The molecule has 1 aromatic heterocycles. The maximum absolute atomic E-state index is 12.3. The Labute approximate surface area is 127 Å².